The topological polar surface area (TPSA) is 3.24 Å². The summed E-state index contributed by atoms with van der Waals surface area (Å²) in [4.78, 5) is 0. The summed E-state index contributed by atoms with van der Waals surface area (Å²) in [5, 5.41) is 0.181. The first kappa shape index (κ1) is 14.7. The molecule has 96 valence electrons. The summed E-state index contributed by atoms with van der Waals surface area (Å²) in [5.41, 5.74) is -0.631. The molecule has 6 heteroatoms. The van der Waals surface area contributed by atoms with Crippen LogP contribution in [-0.4, -0.2) is 17.8 Å². The van der Waals surface area contributed by atoms with Gasteiger partial charge in [-0.15, -0.1) is 0 Å². The number of rotatable bonds is 4. The van der Waals surface area contributed by atoms with Crippen molar-refractivity contribution in [2.45, 2.75) is 20.0 Å². The van der Waals surface area contributed by atoms with Crippen molar-refractivity contribution in [3.8, 4) is 0 Å². The second-order valence-corrected chi connectivity index (χ2v) is 5.94. The molecule has 0 saturated carbocycles. The summed E-state index contributed by atoms with van der Waals surface area (Å²) in [6.07, 6.45) is -4.35. The van der Waals surface area contributed by atoms with Crippen LogP contribution in [0.2, 0.25) is 0 Å². The maximum atomic E-state index is 12.8. The lowest BCUT2D eigenvalue weighted by Crippen LogP contribution is -2.25. The molecule has 0 aliphatic carbocycles. The Hall–Kier alpha value is -0.310. The molecule has 1 atom stereocenters. The molecule has 1 aromatic rings. The molecule has 0 fully saturated rings. The fourth-order valence-electron chi connectivity index (χ4n) is 1.50. The molecule has 1 nitrogen and oxygen atoms in total. The van der Waals surface area contributed by atoms with E-state index < -0.39 is 19.2 Å². The number of hydrogen-bond acceptors (Lipinski definition) is 1. The van der Waals surface area contributed by atoms with Crippen LogP contribution in [-0.2, 0) is 6.18 Å². The second kappa shape index (κ2) is 6.03. The van der Waals surface area contributed by atoms with E-state index in [2.05, 4.69) is 0 Å². The minimum atomic E-state index is -4.35. The molecule has 1 rings (SSSR count). The largest absolute Gasteiger partial charge is 0.417 e. The van der Waals surface area contributed by atoms with Crippen molar-refractivity contribution < 1.29 is 13.2 Å². The minimum Gasteiger partial charge on any atom is -0.267 e. The van der Waals surface area contributed by atoms with Crippen molar-refractivity contribution in [3.05, 3.63) is 29.8 Å². The van der Waals surface area contributed by atoms with Crippen molar-refractivity contribution in [3.63, 3.8) is 0 Å². The van der Waals surface area contributed by atoms with Crippen molar-refractivity contribution in [2.75, 3.05) is 13.1 Å². The smallest absolute Gasteiger partial charge is 0.267 e. The maximum absolute atomic E-state index is 12.8. The summed E-state index contributed by atoms with van der Waals surface area (Å²) in [6.45, 7) is 5.05. The van der Waals surface area contributed by atoms with Crippen LogP contribution in [0.15, 0.2) is 24.3 Å². The van der Waals surface area contributed by atoms with E-state index in [0.717, 1.165) is 6.07 Å². The van der Waals surface area contributed by atoms with E-state index in [4.69, 9.17) is 11.2 Å². The van der Waals surface area contributed by atoms with Gasteiger partial charge in [-0.3, -0.25) is 4.67 Å². The first-order valence-corrected chi connectivity index (χ1v) is 7.48. The van der Waals surface area contributed by atoms with E-state index in [9.17, 15) is 13.2 Å². The number of hydrogen-bond donors (Lipinski definition) is 0. The minimum absolute atomic E-state index is 0.181. The third kappa shape index (κ3) is 3.57. The lowest BCUT2D eigenvalue weighted by atomic mass is 10.2. The predicted octanol–water partition coefficient (Wildman–Crippen LogP) is 4.22. The molecule has 0 radical (unpaired) electrons. The fraction of sp³-hybridized carbons (Fsp3) is 0.455. The standard InChI is InChI=1S/C11H14ClF3NP/c1-3-16(4-2)17(12)10-8-6-5-7-9(10)11(13,14)15/h5-8H,3-4H2,1-2H3. The van der Waals surface area contributed by atoms with E-state index in [0.29, 0.717) is 13.1 Å². The Morgan fingerprint density at radius 3 is 2.18 bits per heavy atom. The van der Waals surface area contributed by atoms with Gasteiger partial charge in [0.1, 0.15) is 0 Å². The first-order valence-electron chi connectivity index (χ1n) is 5.28. The van der Waals surface area contributed by atoms with E-state index in [-0.39, 0.29) is 5.30 Å². The zero-order valence-corrected chi connectivity index (χ0v) is 11.3. The summed E-state index contributed by atoms with van der Waals surface area (Å²) in [7, 11) is -1.44. The highest BCUT2D eigenvalue weighted by atomic mass is 35.7. The Balaban J connectivity index is 3.13. The van der Waals surface area contributed by atoms with E-state index in [1.54, 1.807) is 6.07 Å². The Bertz CT molecular complexity index is 366. The fourth-order valence-corrected chi connectivity index (χ4v) is 3.99. The zero-order valence-electron chi connectivity index (χ0n) is 9.63. The first-order chi connectivity index (χ1) is 7.91. The van der Waals surface area contributed by atoms with Gasteiger partial charge in [-0.1, -0.05) is 43.3 Å². The van der Waals surface area contributed by atoms with Crippen LogP contribution in [0.4, 0.5) is 13.2 Å². The lowest BCUT2D eigenvalue weighted by Gasteiger charge is -2.26. The zero-order chi connectivity index (χ0) is 13.1. The van der Waals surface area contributed by atoms with Crippen LogP contribution in [0.5, 0.6) is 0 Å². The van der Waals surface area contributed by atoms with Crippen LogP contribution in [0.1, 0.15) is 19.4 Å². The molecule has 0 aromatic heterocycles. The normalized spacial score (nSPS) is 14.1. The van der Waals surface area contributed by atoms with Gasteiger partial charge in [0.2, 0.25) is 0 Å². The molecule has 1 unspecified atom stereocenters. The van der Waals surface area contributed by atoms with Gasteiger partial charge in [0.25, 0.3) is 0 Å². The quantitative estimate of drug-likeness (QED) is 0.748. The maximum Gasteiger partial charge on any atom is 0.417 e. The molecular formula is C11H14ClF3NP. The van der Waals surface area contributed by atoms with Crippen molar-refractivity contribution >= 4 is 24.0 Å². The second-order valence-electron chi connectivity index (χ2n) is 3.41. The van der Waals surface area contributed by atoms with E-state index in [1.807, 2.05) is 18.5 Å². The summed E-state index contributed by atoms with van der Waals surface area (Å²) in [6, 6.07) is 5.51. The lowest BCUT2D eigenvalue weighted by molar-refractivity contribution is -0.136. The third-order valence-corrected chi connectivity index (χ3v) is 5.42. The van der Waals surface area contributed by atoms with E-state index >= 15 is 0 Å². The molecule has 0 amide bonds. The average molecular weight is 284 g/mol. The Kier molecular flexibility index (Phi) is 5.23. The van der Waals surface area contributed by atoms with Gasteiger partial charge < -0.3 is 0 Å². The van der Waals surface area contributed by atoms with E-state index in [1.165, 1.54) is 12.1 Å². The van der Waals surface area contributed by atoms with Crippen LogP contribution >= 0.6 is 18.7 Å². The van der Waals surface area contributed by atoms with Crippen molar-refractivity contribution in [1.82, 2.24) is 4.67 Å². The van der Waals surface area contributed by atoms with Crippen molar-refractivity contribution in [2.24, 2.45) is 0 Å². The number of alkyl halides is 3. The average Bonchev–Trinajstić information content (AvgIpc) is 2.29. The summed E-state index contributed by atoms with van der Waals surface area (Å²) in [5.74, 6) is 0. The highest BCUT2D eigenvalue weighted by Crippen LogP contribution is 2.47. The Morgan fingerprint density at radius 1 is 1.18 bits per heavy atom. The molecule has 0 heterocycles. The number of nitrogens with zero attached hydrogens (tertiary/aromatic N) is 1. The van der Waals surface area contributed by atoms with Crippen LogP contribution < -0.4 is 5.30 Å². The van der Waals surface area contributed by atoms with Crippen molar-refractivity contribution in [1.29, 1.82) is 0 Å². The summed E-state index contributed by atoms with van der Waals surface area (Å²) >= 11 is 6.17. The highest BCUT2D eigenvalue weighted by molar-refractivity contribution is 7.88. The molecule has 0 bridgehead atoms. The molecule has 0 saturated heterocycles. The Labute approximate surface area is 105 Å². The van der Waals surface area contributed by atoms with Crippen LogP contribution in [0, 0.1) is 0 Å². The highest BCUT2D eigenvalue weighted by Gasteiger charge is 2.35. The molecule has 0 spiro atoms. The predicted molar refractivity (Wildman–Crippen MR) is 66.8 cm³/mol. The molecule has 0 aliphatic heterocycles. The van der Waals surface area contributed by atoms with Gasteiger partial charge in [-0.25, -0.2) is 0 Å². The van der Waals surface area contributed by atoms with Crippen LogP contribution in [0.3, 0.4) is 0 Å². The summed E-state index contributed by atoms with van der Waals surface area (Å²) < 4.78 is 40.3. The van der Waals surface area contributed by atoms with Crippen LogP contribution in [0.25, 0.3) is 0 Å². The number of halogens is 4. The monoisotopic (exact) mass is 283 g/mol. The molecular weight excluding hydrogens is 270 g/mol. The molecule has 1 aromatic carbocycles. The number of benzene rings is 1. The molecule has 0 aliphatic rings. The third-order valence-electron chi connectivity index (χ3n) is 2.39. The van der Waals surface area contributed by atoms with Gasteiger partial charge in [-0.05, 0) is 6.07 Å². The van der Waals surface area contributed by atoms with Gasteiger partial charge in [0.05, 0.1) is 13.0 Å². The molecule has 17 heavy (non-hydrogen) atoms. The van der Waals surface area contributed by atoms with Gasteiger partial charge in [0, 0.05) is 18.4 Å². The molecule has 0 N–H and O–H groups in total. The SMILES string of the molecule is CCN(CC)P(Cl)c1ccccc1C(F)(F)F. The van der Waals surface area contributed by atoms with Gasteiger partial charge >= 0.3 is 6.18 Å². The Morgan fingerprint density at radius 2 is 1.71 bits per heavy atom. The van der Waals surface area contributed by atoms with Gasteiger partial charge in [-0.2, -0.15) is 13.2 Å². The van der Waals surface area contributed by atoms with Gasteiger partial charge in [0.15, 0.2) is 0 Å².